The van der Waals surface area contributed by atoms with Gasteiger partial charge in [0.15, 0.2) is 0 Å². The summed E-state index contributed by atoms with van der Waals surface area (Å²) >= 11 is 0. The third-order valence-electron chi connectivity index (χ3n) is 6.52. The summed E-state index contributed by atoms with van der Waals surface area (Å²) in [5, 5.41) is 0. The molecule has 0 spiro atoms. The molecule has 0 aromatic carbocycles. The van der Waals surface area contributed by atoms with Gasteiger partial charge >= 0.3 is 0 Å². The first kappa shape index (κ1) is 38.7. The van der Waals surface area contributed by atoms with E-state index >= 15 is 0 Å². The Morgan fingerprint density at radius 1 is 0.205 bits per heavy atom. The lowest BCUT2D eigenvalue weighted by Gasteiger charge is -2.08. The van der Waals surface area contributed by atoms with Crippen LogP contribution in [0, 0.1) is 0 Å². The average molecular weight is 563 g/mol. The highest BCUT2D eigenvalue weighted by Crippen LogP contribution is 2.09. The van der Waals surface area contributed by atoms with Crippen molar-refractivity contribution in [3.8, 4) is 0 Å². The van der Waals surface area contributed by atoms with Crippen molar-refractivity contribution in [2.24, 2.45) is 0 Å². The first-order valence-electron chi connectivity index (χ1n) is 16.5. The summed E-state index contributed by atoms with van der Waals surface area (Å²) in [7, 11) is 0. The second kappa shape index (κ2) is 37.7. The topological polar surface area (TPSA) is 64.6 Å². The number of rotatable bonds is 36. The normalized spacial score (nSPS) is 11.5. The van der Waals surface area contributed by atoms with Gasteiger partial charge in [-0.1, -0.05) is 104 Å². The van der Waals surface area contributed by atoms with Crippen molar-refractivity contribution in [3.63, 3.8) is 0 Å². The molecule has 0 aliphatic carbocycles. The summed E-state index contributed by atoms with van der Waals surface area (Å²) in [6, 6.07) is 0. The van der Waals surface area contributed by atoms with Crippen LogP contribution < -0.4 is 0 Å². The molecule has 0 aromatic rings. The van der Waals surface area contributed by atoms with Crippen LogP contribution in [0.1, 0.15) is 117 Å². The zero-order valence-electron chi connectivity index (χ0n) is 26.1. The molecule has 236 valence electrons. The maximum absolute atomic E-state index is 5.62. The zero-order valence-corrected chi connectivity index (χ0v) is 26.1. The second-order valence-electron chi connectivity index (χ2n) is 10.2. The molecule has 0 aromatic heterocycles. The summed E-state index contributed by atoms with van der Waals surface area (Å²) in [6.07, 6.45) is 21.2. The zero-order chi connectivity index (χ0) is 28.2. The van der Waals surface area contributed by atoms with Gasteiger partial charge in [0, 0.05) is 13.2 Å². The van der Waals surface area contributed by atoms with Crippen LogP contribution in [0.3, 0.4) is 0 Å². The van der Waals surface area contributed by atoms with Crippen LogP contribution >= 0.6 is 0 Å². The minimum Gasteiger partial charge on any atom is -0.379 e. The fourth-order valence-corrected chi connectivity index (χ4v) is 4.10. The van der Waals surface area contributed by atoms with Gasteiger partial charge in [0.25, 0.3) is 0 Å². The number of hydrogen-bond donors (Lipinski definition) is 0. The molecule has 0 N–H and O–H groups in total. The molecule has 0 atom stereocenters. The van der Waals surface area contributed by atoms with Gasteiger partial charge < -0.3 is 33.2 Å². The molecule has 0 aliphatic heterocycles. The van der Waals surface area contributed by atoms with Crippen molar-refractivity contribution >= 4 is 0 Å². The molecule has 0 rings (SSSR count). The highest BCUT2D eigenvalue weighted by molar-refractivity contribution is 4.47. The van der Waals surface area contributed by atoms with Gasteiger partial charge in [0.05, 0.1) is 79.3 Å². The van der Waals surface area contributed by atoms with Crippen molar-refractivity contribution in [2.45, 2.75) is 117 Å². The summed E-state index contributed by atoms with van der Waals surface area (Å²) in [5.74, 6) is 0. The Hall–Kier alpha value is -0.280. The smallest absolute Gasteiger partial charge is 0.0701 e. The summed E-state index contributed by atoms with van der Waals surface area (Å²) in [6.45, 7) is 13.4. The van der Waals surface area contributed by atoms with E-state index in [1.165, 1.54) is 89.9 Å². The largest absolute Gasteiger partial charge is 0.379 e. The van der Waals surface area contributed by atoms with Gasteiger partial charge in [-0.2, -0.15) is 0 Å². The molecule has 0 heterocycles. The Morgan fingerprint density at radius 2 is 0.385 bits per heavy atom. The van der Waals surface area contributed by atoms with Crippen molar-refractivity contribution < 1.29 is 33.2 Å². The maximum atomic E-state index is 5.62. The van der Waals surface area contributed by atoms with Crippen molar-refractivity contribution in [3.05, 3.63) is 0 Å². The number of unbranched alkanes of at least 4 members (excludes halogenated alkanes) is 14. The van der Waals surface area contributed by atoms with Crippen molar-refractivity contribution in [1.29, 1.82) is 0 Å². The molecule has 0 radical (unpaired) electrons. The Labute approximate surface area is 242 Å². The van der Waals surface area contributed by atoms with Gasteiger partial charge in [-0.25, -0.2) is 0 Å². The highest BCUT2D eigenvalue weighted by Gasteiger charge is 1.96. The molecule has 39 heavy (non-hydrogen) atoms. The van der Waals surface area contributed by atoms with Crippen LogP contribution in [0.2, 0.25) is 0 Å². The minimum absolute atomic E-state index is 0.567. The Kier molecular flexibility index (Phi) is 37.4. The molecular formula is C32H66O7. The lowest BCUT2D eigenvalue weighted by molar-refractivity contribution is -0.0206. The van der Waals surface area contributed by atoms with Crippen LogP contribution in [-0.2, 0) is 33.2 Å². The minimum atomic E-state index is 0.567. The van der Waals surface area contributed by atoms with Crippen LogP contribution in [0.4, 0.5) is 0 Å². The maximum Gasteiger partial charge on any atom is 0.0701 e. The van der Waals surface area contributed by atoms with E-state index in [1.54, 1.807) is 0 Å². The molecule has 0 unspecified atom stereocenters. The van der Waals surface area contributed by atoms with E-state index in [2.05, 4.69) is 13.8 Å². The Bertz CT molecular complexity index is 376. The molecule has 0 amide bonds. The monoisotopic (exact) mass is 562 g/mol. The van der Waals surface area contributed by atoms with Crippen LogP contribution in [0.5, 0.6) is 0 Å². The quantitative estimate of drug-likeness (QED) is 0.0738. The van der Waals surface area contributed by atoms with E-state index in [1.807, 2.05) is 0 Å². The first-order valence-corrected chi connectivity index (χ1v) is 16.5. The molecule has 0 fully saturated rings. The molecular weight excluding hydrogens is 496 g/mol. The predicted molar refractivity (Wildman–Crippen MR) is 161 cm³/mol. The molecule has 7 heteroatoms. The molecule has 0 aliphatic rings. The van der Waals surface area contributed by atoms with E-state index in [4.69, 9.17) is 33.2 Å². The molecule has 0 saturated carbocycles. The standard InChI is InChI=1S/C32H66O7/c1-3-5-7-9-11-13-15-17-19-33-21-23-35-25-27-37-29-31-39-32-30-38-28-26-36-24-22-34-20-18-16-14-12-10-8-6-4-2/h3-32H2,1-2H3. The van der Waals surface area contributed by atoms with Gasteiger partial charge in [-0.05, 0) is 12.8 Å². The summed E-state index contributed by atoms with van der Waals surface area (Å²) in [5.41, 5.74) is 0. The van der Waals surface area contributed by atoms with Crippen LogP contribution in [0.25, 0.3) is 0 Å². The van der Waals surface area contributed by atoms with Gasteiger partial charge in [0.2, 0.25) is 0 Å². The van der Waals surface area contributed by atoms with Gasteiger partial charge in [-0.3, -0.25) is 0 Å². The van der Waals surface area contributed by atoms with Crippen LogP contribution in [0.15, 0.2) is 0 Å². The van der Waals surface area contributed by atoms with E-state index in [9.17, 15) is 0 Å². The fraction of sp³-hybridized carbons (Fsp3) is 1.00. The highest BCUT2D eigenvalue weighted by atomic mass is 16.6. The fourth-order valence-electron chi connectivity index (χ4n) is 4.10. The third-order valence-corrected chi connectivity index (χ3v) is 6.52. The Morgan fingerprint density at radius 3 is 0.615 bits per heavy atom. The van der Waals surface area contributed by atoms with E-state index in [0.29, 0.717) is 79.3 Å². The summed E-state index contributed by atoms with van der Waals surface area (Å²) < 4.78 is 38.8. The van der Waals surface area contributed by atoms with E-state index in [0.717, 1.165) is 26.1 Å². The SMILES string of the molecule is CCCCCCCCCCOCCOCCOCCOCCOCCOCCOCCCCCCCCCC. The molecule has 7 nitrogen and oxygen atoms in total. The second-order valence-corrected chi connectivity index (χ2v) is 10.2. The van der Waals surface area contributed by atoms with Crippen molar-refractivity contribution in [1.82, 2.24) is 0 Å². The lowest BCUT2D eigenvalue weighted by Crippen LogP contribution is -2.14. The Balaban J connectivity index is 3.01. The molecule has 0 saturated heterocycles. The number of hydrogen-bond acceptors (Lipinski definition) is 7. The van der Waals surface area contributed by atoms with Crippen LogP contribution in [-0.4, -0.2) is 92.5 Å². The van der Waals surface area contributed by atoms with Gasteiger partial charge in [0.1, 0.15) is 0 Å². The molecule has 0 bridgehead atoms. The third kappa shape index (κ3) is 37.7. The van der Waals surface area contributed by atoms with E-state index in [-0.39, 0.29) is 0 Å². The van der Waals surface area contributed by atoms with Gasteiger partial charge in [-0.15, -0.1) is 0 Å². The predicted octanol–water partition coefficient (Wildman–Crippen LogP) is 7.38. The number of ether oxygens (including phenoxy) is 7. The first-order chi connectivity index (χ1) is 19.4. The lowest BCUT2D eigenvalue weighted by atomic mass is 10.1. The average Bonchev–Trinajstić information content (AvgIpc) is 2.95. The van der Waals surface area contributed by atoms with E-state index < -0.39 is 0 Å². The summed E-state index contributed by atoms with van der Waals surface area (Å²) in [4.78, 5) is 0. The van der Waals surface area contributed by atoms with Crippen molar-refractivity contribution in [2.75, 3.05) is 92.5 Å².